The number of ether oxygens (including phenoxy) is 1. The Bertz CT molecular complexity index is 659. The van der Waals surface area contributed by atoms with Crippen molar-refractivity contribution in [2.24, 2.45) is 0 Å². The topological polar surface area (TPSA) is 50.4 Å². The van der Waals surface area contributed by atoms with E-state index in [1.54, 1.807) is 12.1 Å². The van der Waals surface area contributed by atoms with Crippen LogP contribution in [0.4, 0.5) is 10.5 Å². The van der Waals surface area contributed by atoms with Crippen molar-refractivity contribution in [1.82, 2.24) is 5.32 Å². The first-order chi connectivity index (χ1) is 10.5. The predicted octanol–water partition coefficient (Wildman–Crippen LogP) is 4.16. The zero-order valence-corrected chi connectivity index (χ0v) is 13.4. The number of amides is 2. The van der Waals surface area contributed by atoms with Gasteiger partial charge < -0.3 is 15.4 Å². The van der Waals surface area contributed by atoms with Crippen molar-refractivity contribution in [2.75, 3.05) is 18.5 Å². The number of nitrogens with one attached hydrogen (secondary N) is 2. The lowest BCUT2D eigenvalue weighted by atomic mass is 10.2. The van der Waals surface area contributed by atoms with E-state index in [1.807, 2.05) is 44.2 Å². The Balaban J connectivity index is 1.75. The van der Waals surface area contributed by atoms with Gasteiger partial charge in [0.15, 0.2) is 0 Å². The molecule has 2 aromatic rings. The molecule has 0 unspecified atom stereocenters. The largest absolute Gasteiger partial charge is 0.492 e. The fraction of sp³-hybridized carbons (Fsp3) is 0.235. The second-order valence-corrected chi connectivity index (χ2v) is 5.44. The van der Waals surface area contributed by atoms with Crippen LogP contribution in [-0.2, 0) is 0 Å². The lowest BCUT2D eigenvalue weighted by molar-refractivity contribution is 0.247. The molecule has 0 aliphatic rings. The van der Waals surface area contributed by atoms with Crippen molar-refractivity contribution in [1.29, 1.82) is 0 Å². The molecule has 0 saturated carbocycles. The van der Waals surface area contributed by atoms with Crippen LogP contribution in [0.1, 0.15) is 11.1 Å². The number of halogens is 1. The van der Waals surface area contributed by atoms with Gasteiger partial charge in [-0.3, -0.25) is 0 Å². The Hall–Kier alpha value is -2.20. The molecular weight excluding hydrogens is 300 g/mol. The van der Waals surface area contributed by atoms with Gasteiger partial charge in [0.2, 0.25) is 0 Å². The van der Waals surface area contributed by atoms with Gasteiger partial charge >= 0.3 is 6.03 Å². The monoisotopic (exact) mass is 318 g/mol. The molecule has 0 spiro atoms. The predicted molar refractivity (Wildman–Crippen MR) is 89.9 cm³/mol. The molecule has 22 heavy (non-hydrogen) atoms. The van der Waals surface area contributed by atoms with Crippen LogP contribution in [0, 0.1) is 13.8 Å². The molecule has 0 aromatic heterocycles. The Morgan fingerprint density at radius 3 is 2.77 bits per heavy atom. The van der Waals surface area contributed by atoms with Gasteiger partial charge in [-0.1, -0.05) is 29.8 Å². The van der Waals surface area contributed by atoms with Crippen LogP contribution in [0.5, 0.6) is 5.75 Å². The standard InChI is InChI=1S/C17H19ClN2O2/c1-12-4-3-5-15(10-12)22-9-8-19-17(21)20-16-11-14(18)7-6-13(16)2/h3-7,10-11H,8-9H2,1-2H3,(H2,19,20,21). The van der Waals surface area contributed by atoms with Crippen molar-refractivity contribution in [3.05, 3.63) is 58.6 Å². The zero-order chi connectivity index (χ0) is 15.9. The van der Waals surface area contributed by atoms with Crippen LogP contribution in [0.3, 0.4) is 0 Å². The molecule has 2 aromatic carbocycles. The summed E-state index contributed by atoms with van der Waals surface area (Å²) in [7, 11) is 0. The van der Waals surface area contributed by atoms with Gasteiger partial charge in [0.05, 0.1) is 6.54 Å². The second-order valence-electron chi connectivity index (χ2n) is 5.01. The molecule has 5 heteroatoms. The quantitative estimate of drug-likeness (QED) is 0.813. The second kappa shape index (κ2) is 7.71. The summed E-state index contributed by atoms with van der Waals surface area (Å²) < 4.78 is 5.57. The lowest BCUT2D eigenvalue weighted by Crippen LogP contribution is -2.32. The van der Waals surface area contributed by atoms with Crippen LogP contribution in [0.2, 0.25) is 5.02 Å². The highest BCUT2D eigenvalue weighted by Crippen LogP contribution is 2.19. The van der Waals surface area contributed by atoms with Crippen LogP contribution < -0.4 is 15.4 Å². The minimum atomic E-state index is -0.279. The van der Waals surface area contributed by atoms with Crippen molar-refractivity contribution in [3.63, 3.8) is 0 Å². The summed E-state index contributed by atoms with van der Waals surface area (Å²) in [6.07, 6.45) is 0. The van der Waals surface area contributed by atoms with Gasteiger partial charge in [0.1, 0.15) is 12.4 Å². The molecule has 2 amide bonds. The smallest absolute Gasteiger partial charge is 0.319 e. The average molecular weight is 319 g/mol. The van der Waals surface area contributed by atoms with E-state index in [0.717, 1.165) is 16.9 Å². The first kappa shape index (κ1) is 16.2. The van der Waals surface area contributed by atoms with Crippen LogP contribution in [0.25, 0.3) is 0 Å². The Kier molecular flexibility index (Phi) is 5.67. The number of urea groups is 1. The van der Waals surface area contributed by atoms with E-state index in [9.17, 15) is 4.79 Å². The molecule has 0 aliphatic carbocycles. The Morgan fingerprint density at radius 1 is 1.18 bits per heavy atom. The summed E-state index contributed by atoms with van der Waals surface area (Å²) >= 11 is 5.92. The first-order valence-corrected chi connectivity index (χ1v) is 7.43. The number of carbonyl (C=O) groups excluding carboxylic acids is 1. The van der Waals surface area contributed by atoms with Crippen molar-refractivity contribution in [3.8, 4) is 5.75 Å². The summed E-state index contributed by atoms with van der Waals surface area (Å²) in [6, 6.07) is 12.9. The maximum Gasteiger partial charge on any atom is 0.319 e. The fourth-order valence-electron chi connectivity index (χ4n) is 1.93. The van der Waals surface area contributed by atoms with Crippen LogP contribution in [0.15, 0.2) is 42.5 Å². The normalized spacial score (nSPS) is 10.1. The van der Waals surface area contributed by atoms with Gasteiger partial charge in [-0.2, -0.15) is 0 Å². The maximum absolute atomic E-state index is 11.8. The number of carbonyl (C=O) groups is 1. The number of rotatable bonds is 5. The summed E-state index contributed by atoms with van der Waals surface area (Å²) in [6.45, 7) is 4.74. The molecule has 0 atom stereocenters. The first-order valence-electron chi connectivity index (χ1n) is 7.05. The third kappa shape index (κ3) is 4.97. The van der Waals surface area contributed by atoms with E-state index in [1.165, 1.54) is 0 Å². The van der Waals surface area contributed by atoms with Gasteiger partial charge in [-0.05, 0) is 49.2 Å². The zero-order valence-electron chi connectivity index (χ0n) is 12.7. The van der Waals surface area contributed by atoms with Crippen LogP contribution in [-0.4, -0.2) is 19.2 Å². The molecule has 2 N–H and O–H groups in total. The van der Waals surface area contributed by atoms with E-state index < -0.39 is 0 Å². The number of aryl methyl sites for hydroxylation is 2. The van der Waals surface area contributed by atoms with Crippen LogP contribution >= 0.6 is 11.6 Å². The lowest BCUT2D eigenvalue weighted by Gasteiger charge is -2.11. The third-order valence-corrected chi connectivity index (χ3v) is 3.33. The van der Waals surface area contributed by atoms with Gasteiger partial charge in [0, 0.05) is 10.7 Å². The molecule has 0 radical (unpaired) electrons. The highest BCUT2D eigenvalue weighted by molar-refractivity contribution is 6.31. The minimum absolute atomic E-state index is 0.279. The van der Waals surface area contributed by atoms with E-state index >= 15 is 0 Å². The van der Waals surface area contributed by atoms with E-state index in [4.69, 9.17) is 16.3 Å². The molecule has 4 nitrogen and oxygen atoms in total. The van der Waals surface area contributed by atoms with Crippen molar-refractivity contribution < 1.29 is 9.53 Å². The molecular formula is C17H19ClN2O2. The average Bonchev–Trinajstić information content (AvgIpc) is 2.48. The van der Waals surface area contributed by atoms with E-state index in [2.05, 4.69) is 10.6 Å². The summed E-state index contributed by atoms with van der Waals surface area (Å²) in [5.74, 6) is 0.799. The molecule has 2 rings (SSSR count). The highest BCUT2D eigenvalue weighted by Gasteiger charge is 2.04. The summed E-state index contributed by atoms with van der Waals surface area (Å²) in [4.78, 5) is 11.8. The molecule has 0 heterocycles. The molecule has 116 valence electrons. The maximum atomic E-state index is 11.8. The Labute approximate surface area is 135 Å². The minimum Gasteiger partial charge on any atom is -0.492 e. The third-order valence-electron chi connectivity index (χ3n) is 3.09. The fourth-order valence-corrected chi connectivity index (χ4v) is 2.11. The molecule has 0 aliphatic heterocycles. The van der Waals surface area contributed by atoms with Gasteiger partial charge in [-0.15, -0.1) is 0 Å². The van der Waals surface area contributed by atoms with Crippen molar-refractivity contribution in [2.45, 2.75) is 13.8 Å². The van der Waals surface area contributed by atoms with Gasteiger partial charge in [-0.25, -0.2) is 4.79 Å². The Morgan fingerprint density at radius 2 is 2.00 bits per heavy atom. The number of benzene rings is 2. The summed E-state index contributed by atoms with van der Waals surface area (Å²) in [5, 5.41) is 6.10. The van der Waals surface area contributed by atoms with Crippen molar-refractivity contribution >= 4 is 23.3 Å². The number of hydrogen-bond donors (Lipinski definition) is 2. The highest BCUT2D eigenvalue weighted by atomic mass is 35.5. The number of hydrogen-bond acceptors (Lipinski definition) is 2. The molecule has 0 bridgehead atoms. The van der Waals surface area contributed by atoms with E-state index in [0.29, 0.717) is 23.9 Å². The number of anilines is 1. The van der Waals surface area contributed by atoms with Gasteiger partial charge in [0.25, 0.3) is 0 Å². The summed E-state index contributed by atoms with van der Waals surface area (Å²) in [5.41, 5.74) is 2.79. The molecule has 0 fully saturated rings. The molecule has 0 saturated heterocycles. The SMILES string of the molecule is Cc1cccc(OCCNC(=O)Nc2cc(Cl)ccc2C)c1. The van der Waals surface area contributed by atoms with E-state index in [-0.39, 0.29) is 6.03 Å².